The Kier molecular flexibility index (Phi) is 1.41. The second-order valence-corrected chi connectivity index (χ2v) is 5.46. The summed E-state index contributed by atoms with van der Waals surface area (Å²) in [6.45, 7) is 1.89. The largest absolute Gasteiger partial charge is 0.360 e. The van der Waals surface area contributed by atoms with E-state index in [1.54, 1.807) is 0 Å². The molecule has 4 rings (SSSR count). The van der Waals surface area contributed by atoms with Crippen molar-refractivity contribution in [3.05, 3.63) is 12.2 Å². The highest BCUT2D eigenvalue weighted by molar-refractivity contribution is 6.03. The van der Waals surface area contributed by atoms with E-state index >= 15 is 0 Å². The van der Waals surface area contributed by atoms with Crippen molar-refractivity contribution in [2.75, 3.05) is 0 Å². The second kappa shape index (κ2) is 2.48. The maximum atomic E-state index is 12.3. The smallest absolute Gasteiger partial charge is 0.169 e. The topological polar surface area (TPSA) is 46.7 Å². The van der Waals surface area contributed by atoms with Crippen LogP contribution in [-0.4, -0.2) is 23.8 Å². The second-order valence-electron chi connectivity index (χ2n) is 5.46. The molecule has 1 saturated heterocycles. The van der Waals surface area contributed by atoms with Crippen LogP contribution in [0.25, 0.3) is 0 Å². The average Bonchev–Trinajstić information content (AvgIpc) is 2.73. The van der Waals surface area contributed by atoms with E-state index in [1.165, 1.54) is 0 Å². The molecular formula is C13H14O3. The van der Waals surface area contributed by atoms with Crippen LogP contribution < -0.4 is 0 Å². The van der Waals surface area contributed by atoms with Crippen LogP contribution in [0.2, 0.25) is 0 Å². The molecule has 4 aliphatic rings. The zero-order valence-electron chi connectivity index (χ0n) is 9.18. The summed E-state index contributed by atoms with van der Waals surface area (Å²) >= 11 is 0. The molecule has 2 saturated carbocycles. The summed E-state index contributed by atoms with van der Waals surface area (Å²) in [5.41, 5.74) is -0.462. The first kappa shape index (κ1) is 9.11. The third kappa shape index (κ3) is 0.698. The lowest BCUT2D eigenvalue weighted by molar-refractivity contribution is -0.141. The third-order valence-corrected chi connectivity index (χ3v) is 5.03. The predicted octanol–water partition coefficient (Wildman–Crippen LogP) is 1.12. The summed E-state index contributed by atoms with van der Waals surface area (Å²) in [5, 5.41) is 0. The van der Waals surface area contributed by atoms with Crippen molar-refractivity contribution in [1.82, 2.24) is 0 Å². The third-order valence-electron chi connectivity index (χ3n) is 5.03. The van der Waals surface area contributed by atoms with Crippen molar-refractivity contribution in [3.63, 3.8) is 0 Å². The molecule has 3 fully saturated rings. The molecule has 0 radical (unpaired) electrons. The number of hydrogen-bond acceptors (Lipinski definition) is 3. The minimum Gasteiger partial charge on any atom is -0.360 e. The number of rotatable bonds is 2. The van der Waals surface area contributed by atoms with Crippen molar-refractivity contribution in [2.24, 2.45) is 23.2 Å². The van der Waals surface area contributed by atoms with Gasteiger partial charge < -0.3 is 4.74 Å². The van der Waals surface area contributed by atoms with Gasteiger partial charge in [-0.15, -0.1) is 0 Å². The molecular weight excluding hydrogens is 204 g/mol. The van der Waals surface area contributed by atoms with Crippen molar-refractivity contribution < 1.29 is 14.3 Å². The van der Waals surface area contributed by atoms with Gasteiger partial charge >= 0.3 is 0 Å². The van der Waals surface area contributed by atoms with E-state index in [9.17, 15) is 9.59 Å². The molecule has 0 aromatic rings. The molecule has 0 aromatic carbocycles. The van der Waals surface area contributed by atoms with E-state index in [4.69, 9.17) is 4.74 Å². The Bertz CT molecular complexity index is 438. The van der Waals surface area contributed by atoms with Gasteiger partial charge in [0.05, 0.1) is 5.41 Å². The van der Waals surface area contributed by atoms with Gasteiger partial charge in [-0.3, -0.25) is 9.59 Å². The molecule has 0 unspecified atom stereocenters. The summed E-state index contributed by atoms with van der Waals surface area (Å²) in [6, 6.07) is 0. The van der Waals surface area contributed by atoms with Gasteiger partial charge in [0, 0.05) is 12.3 Å². The maximum absolute atomic E-state index is 12.3. The number of epoxide rings is 1. The highest BCUT2D eigenvalue weighted by Crippen LogP contribution is 2.68. The highest BCUT2D eigenvalue weighted by Gasteiger charge is 2.79. The Morgan fingerprint density at radius 3 is 3.12 bits per heavy atom. The number of fused-ring (bicyclic) bond motifs is 7. The van der Waals surface area contributed by atoms with Gasteiger partial charge in [-0.05, 0) is 18.3 Å². The molecule has 3 aliphatic carbocycles. The van der Waals surface area contributed by atoms with Crippen LogP contribution in [0.3, 0.4) is 0 Å². The SMILES string of the molecule is CCC(=O)[C@@]12[C@@H]3O[C@@H]3C(=O)[C@H]1[C@H]1C=C[C@H]2C1. The minimum atomic E-state index is -0.462. The Morgan fingerprint density at radius 1 is 1.56 bits per heavy atom. The van der Waals surface area contributed by atoms with Crippen LogP contribution in [0.5, 0.6) is 0 Å². The van der Waals surface area contributed by atoms with Gasteiger partial charge in [-0.25, -0.2) is 0 Å². The van der Waals surface area contributed by atoms with E-state index < -0.39 is 5.41 Å². The molecule has 3 heteroatoms. The van der Waals surface area contributed by atoms with Gasteiger partial charge in [-0.1, -0.05) is 19.1 Å². The Hall–Kier alpha value is -0.960. The molecule has 84 valence electrons. The van der Waals surface area contributed by atoms with E-state index in [0.29, 0.717) is 12.3 Å². The zero-order valence-corrected chi connectivity index (χ0v) is 9.18. The number of carbonyl (C=O) groups excluding carboxylic acids is 2. The van der Waals surface area contributed by atoms with Crippen LogP contribution in [0.4, 0.5) is 0 Å². The molecule has 1 heterocycles. The molecule has 0 aromatic heterocycles. The first-order valence-corrected chi connectivity index (χ1v) is 6.12. The average molecular weight is 218 g/mol. The van der Waals surface area contributed by atoms with Crippen LogP contribution in [-0.2, 0) is 14.3 Å². The first-order valence-electron chi connectivity index (χ1n) is 6.12. The fourth-order valence-corrected chi connectivity index (χ4v) is 4.46. The Labute approximate surface area is 93.8 Å². The number of carbonyl (C=O) groups is 2. The van der Waals surface area contributed by atoms with E-state index in [0.717, 1.165) is 6.42 Å². The van der Waals surface area contributed by atoms with Crippen molar-refractivity contribution in [3.8, 4) is 0 Å². The number of hydrogen-bond donors (Lipinski definition) is 0. The van der Waals surface area contributed by atoms with Crippen LogP contribution in [0.1, 0.15) is 19.8 Å². The molecule has 0 amide bonds. The first-order chi connectivity index (χ1) is 7.71. The van der Waals surface area contributed by atoms with E-state index in [2.05, 4.69) is 12.2 Å². The number of allylic oxidation sites excluding steroid dienone is 2. The lowest BCUT2D eigenvalue weighted by Crippen LogP contribution is -2.45. The molecule has 3 nitrogen and oxygen atoms in total. The lowest BCUT2D eigenvalue weighted by Gasteiger charge is -2.35. The molecule has 16 heavy (non-hydrogen) atoms. The van der Waals surface area contributed by atoms with Crippen molar-refractivity contribution in [2.45, 2.75) is 32.0 Å². The van der Waals surface area contributed by atoms with Crippen LogP contribution in [0, 0.1) is 23.2 Å². The number of ether oxygens (including phenoxy) is 1. The summed E-state index contributed by atoms with van der Waals surface area (Å²) in [5.74, 6) is 0.954. The lowest BCUT2D eigenvalue weighted by atomic mass is 9.66. The Balaban J connectivity index is 1.90. The summed E-state index contributed by atoms with van der Waals surface area (Å²) in [4.78, 5) is 24.5. The molecule has 0 spiro atoms. The van der Waals surface area contributed by atoms with E-state index in [-0.39, 0.29) is 35.6 Å². The van der Waals surface area contributed by atoms with E-state index in [1.807, 2.05) is 6.92 Å². The van der Waals surface area contributed by atoms with Gasteiger partial charge in [-0.2, -0.15) is 0 Å². The standard InChI is InChI=1S/C13H14O3/c1-2-8(14)13-7-4-3-6(5-7)9(13)10(15)11-12(13)16-11/h3-4,6-7,9,11-12H,2,5H2,1H3/t6-,7-,9+,11+,12+,13+/m0/s1. The van der Waals surface area contributed by atoms with Gasteiger partial charge in [0.15, 0.2) is 5.78 Å². The van der Waals surface area contributed by atoms with Crippen LogP contribution >= 0.6 is 0 Å². The highest BCUT2D eigenvalue weighted by atomic mass is 16.6. The fourth-order valence-electron chi connectivity index (χ4n) is 4.46. The fraction of sp³-hybridized carbons (Fsp3) is 0.692. The summed E-state index contributed by atoms with van der Waals surface area (Å²) in [6.07, 6.45) is 5.45. The quantitative estimate of drug-likeness (QED) is 0.515. The summed E-state index contributed by atoms with van der Waals surface area (Å²) in [7, 11) is 0. The zero-order chi connectivity index (χ0) is 11.1. The Morgan fingerprint density at radius 2 is 2.38 bits per heavy atom. The number of ketones is 2. The monoisotopic (exact) mass is 218 g/mol. The number of Topliss-reactive ketones (excluding diaryl/α,β-unsaturated/α-hetero) is 2. The molecule has 1 aliphatic heterocycles. The van der Waals surface area contributed by atoms with Crippen molar-refractivity contribution >= 4 is 11.6 Å². The van der Waals surface area contributed by atoms with Gasteiger partial charge in [0.2, 0.25) is 0 Å². The van der Waals surface area contributed by atoms with Crippen LogP contribution in [0.15, 0.2) is 12.2 Å². The normalized spacial score (nSPS) is 55.3. The minimum absolute atomic E-state index is 0.0568. The summed E-state index contributed by atoms with van der Waals surface area (Å²) < 4.78 is 5.45. The van der Waals surface area contributed by atoms with Gasteiger partial charge in [0.25, 0.3) is 0 Å². The molecule has 6 atom stereocenters. The molecule has 0 N–H and O–H groups in total. The van der Waals surface area contributed by atoms with Crippen molar-refractivity contribution in [1.29, 1.82) is 0 Å². The maximum Gasteiger partial charge on any atom is 0.169 e. The molecule has 2 bridgehead atoms. The van der Waals surface area contributed by atoms with Gasteiger partial charge in [0.1, 0.15) is 18.0 Å². The predicted molar refractivity (Wildman–Crippen MR) is 55.6 cm³/mol.